The van der Waals surface area contributed by atoms with Crippen molar-refractivity contribution in [1.82, 2.24) is 19.4 Å². The molecule has 7 nitrogen and oxygen atoms in total. The van der Waals surface area contributed by atoms with Crippen LogP contribution in [0.5, 0.6) is 0 Å². The summed E-state index contributed by atoms with van der Waals surface area (Å²) in [6.45, 7) is 3.78. The van der Waals surface area contributed by atoms with Gasteiger partial charge in [-0.05, 0) is 36.5 Å². The molecule has 0 bridgehead atoms. The predicted octanol–water partition coefficient (Wildman–Crippen LogP) is 1.93. The van der Waals surface area contributed by atoms with Gasteiger partial charge in [0.15, 0.2) is 5.96 Å². The van der Waals surface area contributed by atoms with Crippen molar-refractivity contribution in [2.75, 3.05) is 53.9 Å². The van der Waals surface area contributed by atoms with E-state index in [0.717, 1.165) is 37.6 Å². The average Bonchev–Trinajstić information content (AvgIpc) is 3.27. The molecule has 0 radical (unpaired) electrons. The molecule has 2 aromatic rings. The van der Waals surface area contributed by atoms with Gasteiger partial charge in [0, 0.05) is 58.2 Å². The minimum absolute atomic E-state index is 0.374. The highest BCUT2D eigenvalue weighted by Crippen LogP contribution is 2.21. The van der Waals surface area contributed by atoms with Crippen LogP contribution in [-0.4, -0.2) is 82.3 Å². The van der Waals surface area contributed by atoms with E-state index >= 15 is 0 Å². The zero-order valence-electron chi connectivity index (χ0n) is 17.9. The molecular formula is C21H31N5O2S2. The molecule has 1 aromatic heterocycles. The number of rotatable bonds is 7. The van der Waals surface area contributed by atoms with Crippen LogP contribution in [0.25, 0.3) is 0 Å². The van der Waals surface area contributed by atoms with Crippen LogP contribution in [0, 0.1) is 0 Å². The zero-order chi connectivity index (χ0) is 21.6. The molecule has 0 amide bonds. The molecule has 2 heterocycles. The molecule has 1 fully saturated rings. The van der Waals surface area contributed by atoms with Gasteiger partial charge in [0.1, 0.15) is 0 Å². The van der Waals surface area contributed by atoms with Crippen molar-refractivity contribution in [3.8, 4) is 0 Å². The third kappa shape index (κ3) is 5.60. The fourth-order valence-corrected chi connectivity index (χ4v) is 5.81. The standard InChI is InChI=1S/C21H31N5O2S2/c1-22-21(25(3)11-10-19-8-6-16-29-19)23-17-18-7-4-5-9-20(18)30(27,28)26-14-12-24(2)13-15-26/h4-9,16H,10-15,17H2,1-3H3,(H,22,23). The van der Waals surface area contributed by atoms with E-state index in [1.54, 1.807) is 34.8 Å². The highest BCUT2D eigenvalue weighted by atomic mass is 32.2. The van der Waals surface area contributed by atoms with Gasteiger partial charge >= 0.3 is 0 Å². The van der Waals surface area contributed by atoms with Gasteiger partial charge in [-0.15, -0.1) is 11.3 Å². The molecule has 0 spiro atoms. The smallest absolute Gasteiger partial charge is 0.243 e. The van der Waals surface area contributed by atoms with E-state index in [0.29, 0.717) is 24.5 Å². The van der Waals surface area contributed by atoms with Crippen LogP contribution in [0.3, 0.4) is 0 Å². The highest BCUT2D eigenvalue weighted by molar-refractivity contribution is 7.89. The molecule has 1 N–H and O–H groups in total. The monoisotopic (exact) mass is 449 g/mol. The van der Waals surface area contributed by atoms with E-state index in [-0.39, 0.29) is 0 Å². The maximum absolute atomic E-state index is 13.2. The van der Waals surface area contributed by atoms with E-state index in [2.05, 4.69) is 37.6 Å². The fourth-order valence-electron chi connectivity index (χ4n) is 3.47. The molecule has 1 saturated heterocycles. The van der Waals surface area contributed by atoms with Gasteiger partial charge in [0.05, 0.1) is 4.90 Å². The summed E-state index contributed by atoms with van der Waals surface area (Å²) >= 11 is 1.75. The molecule has 3 rings (SSSR count). The number of piperazine rings is 1. The summed E-state index contributed by atoms with van der Waals surface area (Å²) in [6, 6.07) is 11.4. The molecule has 0 unspecified atom stereocenters. The van der Waals surface area contributed by atoms with Crippen LogP contribution < -0.4 is 5.32 Å². The van der Waals surface area contributed by atoms with E-state index < -0.39 is 10.0 Å². The summed E-state index contributed by atoms with van der Waals surface area (Å²) in [7, 11) is 2.24. The Labute approximate surface area is 184 Å². The second-order valence-corrected chi connectivity index (χ2v) is 10.4. The summed E-state index contributed by atoms with van der Waals surface area (Å²) < 4.78 is 28.1. The molecule has 0 aliphatic carbocycles. The van der Waals surface area contributed by atoms with Crippen molar-refractivity contribution in [2.45, 2.75) is 17.9 Å². The van der Waals surface area contributed by atoms with Crippen molar-refractivity contribution in [2.24, 2.45) is 4.99 Å². The van der Waals surface area contributed by atoms with E-state index in [1.807, 2.05) is 26.2 Å². The summed E-state index contributed by atoms with van der Waals surface area (Å²) in [5.41, 5.74) is 0.754. The van der Waals surface area contributed by atoms with Crippen molar-refractivity contribution in [3.63, 3.8) is 0 Å². The molecule has 30 heavy (non-hydrogen) atoms. The Kier molecular flexibility index (Phi) is 7.87. The van der Waals surface area contributed by atoms with Crippen LogP contribution in [0.15, 0.2) is 51.7 Å². The number of benzene rings is 1. The Morgan fingerprint density at radius 2 is 1.90 bits per heavy atom. The van der Waals surface area contributed by atoms with E-state index in [1.165, 1.54) is 4.88 Å². The number of thiophene rings is 1. The Balaban J connectivity index is 1.66. The van der Waals surface area contributed by atoms with Crippen molar-refractivity contribution in [3.05, 3.63) is 52.2 Å². The van der Waals surface area contributed by atoms with Crippen LogP contribution in [0.1, 0.15) is 10.4 Å². The number of hydrogen-bond donors (Lipinski definition) is 1. The summed E-state index contributed by atoms with van der Waals surface area (Å²) in [6.07, 6.45) is 0.948. The van der Waals surface area contributed by atoms with E-state index in [4.69, 9.17) is 0 Å². The molecule has 0 saturated carbocycles. The van der Waals surface area contributed by atoms with Crippen molar-refractivity contribution >= 4 is 27.3 Å². The lowest BCUT2D eigenvalue weighted by Gasteiger charge is -2.32. The van der Waals surface area contributed by atoms with Gasteiger partial charge in [0.2, 0.25) is 10.0 Å². The van der Waals surface area contributed by atoms with Gasteiger partial charge in [-0.2, -0.15) is 4.31 Å². The van der Waals surface area contributed by atoms with Crippen LogP contribution in [-0.2, 0) is 23.0 Å². The first-order valence-electron chi connectivity index (χ1n) is 10.1. The molecule has 164 valence electrons. The maximum atomic E-state index is 13.2. The third-order valence-corrected chi connectivity index (χ3v) is 8.27. The van der Waals surface area contributed by atoms with Crippen molar-refractivity contribution in [1.29, 1.82) is 0 Å². The van der Waals surface area contributed by atoms with Crippen LogP contribution >= 0.6 is 11.3 Å². The summed E-state index contributed by atoms with van der Waals surface area (Å²) in [5, 5.41) is 5.41. The average molecular weight is 450 g/mol. The number of likely N-dealkylation sites (N-methyl/N-ethyl adjacent to an activating group) is 2. The maximum Gasteiger partial charge on any atom is 0.243 e. The Morgan fingerprint density at radius 1 is 1.17 bits per heavy atom. The molecule has 1 aromatic carbocycles. The second-order valence-electron chi connectivity index (χ2n) is 7.47. The first-order valence-corrected chi connectivity index (χ1v) is 12.4. The Morgan fingerprint density at radius 3 is 2.57 bits per heavy atom. The number of guanidine groups is 1. The largest absolute Gasteiger partial charge is 0.352 e. The summed E-state index contributed by atoms with van der Waals surface area (Å²) in [5.74, 6) is 0.748. The first kappa shape index (κ1) is 22.7. The molecule has 0 atom stereocenters. The van der Waals surface area contributed by atoms with Crippen LogP contribution in [0.4, 0.5) is 0 Å². The molecule has 1 aliphatic heterocycles. The SMILES string of the molecule is CN=C(NCc1ccccc1S(=O)(=O)N1CCN(C)CC1)N(C)CCc1cccs1. The van der Waals surface area contributed by atoms with Gasteiger partial charge in [-0.3, -0.25) is 4.99 Å². The molecule has 1 aliphatic rings. The number of aliphatic imine (C=N–C) groups is 1. The number of hydrogen-bond acceptors (Lipinski definition) is 5. The quantitative estimate of drug-likeness (QED) is 0.517. The normalized spacial score (nSPS) is 16.6. The lowest BCUT2D eigenvalue weighted by molar-refractivity contribution is 0.222. The zero-order valence-corrected chi connectivity index (χ0v) is 19.5. The van der Waals surface area contributed by atoms with E-state index in [9.17, 15) is 8.42 Å². The molecular weight excluding hydrogens is 418 g/mol. The lowest BCUT2D eigenvalue weighted by Crippen LogP contribution is -2.47. The Bertz CT molecular complexity index is 936. The van der Waals surface area contributed by atoms with Gasteiger partial charge in [-0.1, -0.05) is 24.3 Å². The number of nitrogens with one attached hydrogen (secondary N) is 1. The van der Waals surface area contributed by atoms with Crippen molar-refractivity contribution < 1.29 is 8.42 Å². The molecule has 9 heteroatoms. The lowest BCUT2D eigenvalue weighted by atomic mass is 10.2. The Hall–Kier alpha value is -1.94. The second kappa shape index (κ2) is 10.4. The number of sulfonamides is 1. The highest BCUT2D eigenvalue weighted by Gasteiger charge is 2.29. The van der Waals surface area contributed by atoms with Gasteiger partial charge in [0.25, 0.3) is 0 Å². The number of nitrogens with zero attached hydrogens (tertiary/aromatic N) is 4. The third-order valence-electron chi connectivity index (χ3n) is 5.34. The van der Waals surface area contributed by atoms with Gasteiger partial charge < -0.3 is 15.1 Å². The minimum Gasteiger partial charge on any atom is -0.352 e. The topological polar surface area (TPSA) is 68.2 Å². The minimum atomic E-state index is -3.52. The van der Waals surface area contributed by atoms with Crippen LogP contribution in [0.2, 0.25) is 0 Å². The first-order chi connectivity index (χ1) is 14.4. The predicted molar refractivity (Wildman–Crippen MR) is 124 cm³/mol. The fraction of sp³-hybridized carbons (Fsp3) is 0.476. The summed E-state index contributed by atoms with van der Waals surface area (Å²) in [4.78, 5) is 10.3. The van der Waals surface area contributed by atoms with Gasteiger partial charge in [-0.25, -0.2) is 8.42 Å².